The van der Waals surface area contributed by atoms with Gasteiger partial charge in [0, 0.05) is 12.6 Å². The molecule has 1 fully saturated rings. The average Bonchev–Trinajstić information content (AvgIpc) is 3.30. The summed E-state index contributed by atoms with van der Waals surface area (Å²) in [6.45, 7) is 2.83. The molecule has 1 aliphatic rings. The van der Waals surface area contributed by atoms with Crippen LogP contribution in [-0.4, -0.2) is 27.6 Å². The monoisotopic (exact) mass is 326 g/mol. The third-order valence-corrected chi connectivity index (χ3v) is 4.22. The molecule has 0 bridgehead atoms. The predicted octanol–water partition coefficient (Wildman–Crippen LogP) is 3.17. The lowest BCUT2D eigenvalue weighted by Crippen LogP contribution is -2.39. The Balaban J connectivity index is 1.43. The van der Waals surface area contributed by atoms with Crippen molar-refractivity contribution in [1.29, 1.82) is 0 Å². The van der Waals surface area contributed by atoms with Gasteiger partial charge in [0.15, 0.2) is 11.3 Å². The number of hydrogen-bond acceptors (Lipinski definition) is 5. The van der Waals surface area contributed by atoms with Crippen molar-refractivity contribution in [2.75, 3.05) is 6.54 Å². The largest absolute Gasteiger partial charge is 0.439 e. The number of aromatic nitrogens is 2. The Morgan fingerprint density at radius 3 is 3.08 bits per heavy atom. The van der Waals surface area contributed by atoms with Gasteiger partial charge >= 0.3 is 6.03 Å². The van der Waals surface area contributed by atoms with Gasteiger partial charge in [0.2, 0.25) is 5.89 Å². The van der Waals surface area contributed by atoms with Gasteiger partial charge in [-0.05, 0) is 31.9 Å². The number of urea groups is 1. The van der Waals surface area contributed by atoms with Gasteiger partial charge in [-0.3, -0.25) is 0 Å². The van der Waals surface area contributed by atoms with Crippen molar-refractivity contribution < 1.29 is 13.7 Å². The van der Waals surface area contributed by atoms with Crippen LogP contribution < -0.4 is 5.32 Å². The van der Waals surface area contributed by atoms with E-state index in [1.807, 2.05) is 37.3 Å². The maximum Gasteiger partial charge on any atom is 0.318 e. The van der Waals surface area contributed by atoms with E-state index in [-0.39, 0.29) is 18.6 Å². The van der Waals surface area contributed by atoms with Crippen molar-refractivity contribution in [1.82, 2.24) is 20.4 Å². The quantitative estimate of drug-likeness (QED) is 0.799. The van der Waals surface area contributed by atoms with Gasteiger partial charge in [-0.1, -0.05) is 17.3 Å². The first-order valence-electron chi connectivity index (χ1n) is 8.03. The summed E-state index contributed by atoms with van der Waals surface area (Å²) in [5.41, 5.74) is 2.33. The minimum Gasteiger partial charge on any atom is -0.439 e. The molecule has 2 amide bonds. The fraction of sp³-hybridized carbons (Fsp3) is 0.353. The number of rotatable bonds is 3. The number of likely N-dealkylation sites (tertiary alicyclic amines) is 1. The molecule has 7 nitrogen and oxygen atoms in total. The summed E-state index contributed by atoms with van der Waals surface area (Å²) in [7, 11) is 0. The summed E-state index contributed by atoms with van der Waals surface area (Å²) in [5.74, 6) is 1.23. The third-order valence-electron chi connectivity index (χ3n) is 4.22. The van der Waals surface area contributed by atoms with Gasteiger partial charge in [0.1, 0.15) is 5.52 Å². The lowest BCUT2D eigenvalue weighted by Gasteiger charge is -2.22. The number of fused-ring (bicyclic) bond motifs is 1. The lowest BCUT2D eigenvalue weighted by molar-refractivity contribution is 0.181. The van der Waals surface area contributed by atoms with E-state index in [4.69, 9.17) is 8.94 Å². The standard InChI is InChI=1S/C17H18N4O3/c1-11-9-15(24-20-11)13-6-4-8-21(13)17(22)18-10-16-19-12-5-2-3-7-14(12)23-16/h2-3,5,7,9,13H,4,6,8,10H2,1H3,(H,18,22). The molecular formula is C17H18N4O3. The normalized spacial score (nSPS) is 17.5. The van der Waals surface area contributed by atoms with Gasteiger partial charge < -0.3 is 19.2 Å². The van der Waals surface area contributed by atoms with E-state index in [1.54, 1.807) is 4.90 Å². The zero-order valence-corrected chi connectivity index (χ0v) is 13.4. The van der Waals surface area contributed by atoms with Crippen LogP contribution in [0.3, 0.4) is 0 Å². The molecule has 3 aromatic rings. The number of para-hydroxylation sites is 2. The summed E-state index contributed by atoms with van der Waals surface area (Å²) in [4.78, 5) is 18.7. The Morgan fingerprint density at radius 2 is 2.29 bits per heavy atom. The Labute approximate surface area is 138 Å². The van der Waals surface area contributed by atoms with Crippen LogP contribution in [0.4, 0.5) is 4.79 Å². The number of carbonyl (C=O) groups excluding carboxylic acids is 1. The first-order chi connectivity index (χ1) is 11.7. The lowest BCUT2D eigenvalue weighted by atomic mass is 10.1. The smallest absolute Gasteiger partial charge is 0.318 e. The fourth-order valence-electron chi connectivity index (χ4n) is 3.09. The highest BCUT2D eigenvalue weighted by Gasteiger charge is 2.32. The van der Waals surface area contributed by atoms with Crippen LogP contribution in [0.2, 0.25) is 0 Å². The van der Waals surface area contributed by atoms with Crippen LogP contribution in [0.25, 0.3) is 11.1 Å². The summed E-state index contributed by atoms with van der Waals surface area (Å²) < 4.78 is 11.0. The summed E-state index contributed by atoms with van der Waals surface area (Å²) >= 11 is 0. The molecule has 1 atom stereocenters. The number of aryl methyl sites for hydroxylation is 1. The fourth-order valence-corrected chi connectivity index (χ4v) is 3.09. The molecule has 124 valence electrons. The zero-order chi connectivity index (χ0) is 16.5. The van der Waals surface area contributed by atoms with E-state index >= 15 is 0 Å². The molecular weight excluding hydrogens is 308 g/mol. The number of benzene rings is 1. The minimum atomic E-state index is -0.145. The van der Waals surface area contributed by atoms with Crippen LogP contribution in [0, 0.1) is 6.92 Å². The highest BCUT2D eigenvalue weighted by molar-refractivity contribution is 5.75. The predicted molar refractivity (Wildman–Crippen MR) is 86.2 cm³/mol. The first-order valence-corrected chi connectivity index (χ1v) is 8.03. The topological polar surface area (TPSA) is 84.4 Å². The van der Waals surface area contributed by atoms with Gasteiger partial charge in [-0.2, -0.15) is 0 Å². The molecule has 0 radical (unpaired) electrons. The molecule has 4 rings (SSSR count). The van der Waals surface area contributed by atoms with E-state index in [9.17, 15) is 4.79 Å². The number of hydrogen-bond donors (Lipinski definition) is 1. The molecule has 0 aliphatic carbocycles. The SMILES string of the molecule is Cc1cc(C2CCCN2C(=O)NCc2nc3ccccc3o2)on1. The van der Waals surface area contributed by atoms with Crippen LogP contribution in [0.1, 0.15) is 36.2 Å². The first kappa shape index (κ1) is 14.7. The van der Waals surface area contributed by atoms with E-state index in [2.05, 4.69) is 15.5 Å². The van der Waals surface area contributed by atoms with E-state index in [1.165, 1.54) is 0 Å². The molecule has 24 heavy (non-hydrogen) atoms. The number of nitrogens with one attached hydrogen (secondary N) is 1. The number of carbonyl (C=O) groups is 1. The van der Waals surface area contributed by atoms with Crippen LogP contribution in [-0.2, 0) is 6.54 Å². The molecule has 7 heteroatoms. The molecule has 1 saturated heterocycles. The van der Waals surface area contributed by atoms with Gasteiger partial charge in [0.25, 0.3) is 0 Å². The second-order valence-electron chi connectivity index (χ2n) is 5.96. The maximum absolute atomic E-state index is 12.5. The minimum absolute atomic E-state index is 0.0603. The molecule has 0 saturated carbocycles. The molecule has 2 aromatic heterocycles. The maximum atomic E-state index is 12.5. The summed E-state index contributed by atoms with van der Waals surface area (Å²) in [5, 5.41) is 6.79. The highest BCUT2D eigenvalue weighted by Crippen LogP contribution is 2.32. The number of nitrogens with zero attached hydrogens (tertiary/aromatic N) is 3. The Kier molecular flexibility index (Phi) is 3.68. The van der Waals surface area contributed by atoms with E-state index in [0.29, 0.717) is 12.4 Å². The van der Waals surface area contributed by atoms with Gasteiger partial charge in [-0.25, -0.2) is 9.78 Å². The van der Waals surface area contributed by atoms with Crippen LogP contribution in [0.15, 0.2) is 39.3 Å². The Hall–Kier alpha value is -2.83. The third kappa shape index (κ3) is 2.73. The van der Waals surface area contributed by atoms with Crippen molar-refractivity contribution in [2.24, 2.45) is 0 Å². The van der Waals surface area contributed by atoms with Crippen molar-refractivity contribution in [3.63, 3.8) is 0 Å². The molecule has 1 unspecified atom stereocenters. The molecule has 0 spiro atoms. The molecule has 1 aromatic carbocycles. The van der Waals surface area contributed by atoms with E-state index in [0.717, 1.165) is 35.4 Å². The van der Waals surface area contributed by atoms with Gasteiger partial charge in [0.05, 0.1) is 18.3 Å². The zero-order valence-electron chi connectivity index (χ0n) is 13.4. The molecule has 1 aliphatic heterocycles. The Morgan fingerprint density at radius 1 is 1.42 bits per heavy atom. The molecule has 1 N–H and O–H groups in total. The second kappa shape index (κ2) is 5.99. The number of amides is 2. The van der Waals surface area contributed by atoms with Crippen molar-refractivity contribution in [3.8, 4) is 0 Å². The summed E-state index contributed by atoms with van der Waals surface area (Å²) in [6, 6.07) is 9.22. The van der Waals surface area contributed by atoms with Crippen molar-refractivity contribution >= 4 is 17.1 Å². The van der Waals surface area contributed by atoms with Gasteiger partial charge in [-0.15, -0.1) is 0 Å². The average molecular weight is 326 g/mol. The van der Waals surface area contributed by atoms with E-state index < -0.39 is 0 Å². The van der Waals surface area contributed by atoms with Crippen molar-refractivity contribution in [2.45, 2.75) is 32.4 Å². The highest BCUT2D eigenvalue weighted by atomic mass is 16.5. The number of oxazole rings is 1. The summed E-state index contributed by atoms with van der Waals surface area (Å²) in [6.07, 6.45) is 1.83. The van der Waals surface area contributed by atoms with Crippen LogP contribution in [0.5, 0.6) is 0 Å². The van der Waals surface area contributed by atoms with Crippen molar-refractivity contribution in [3.05, 3.63) is 47.7 Å². The Bertz CT molecular complexity index is 836. The van der Waals surface area contributed by atoms with Crippen LogP contribution >= 0.6 is 0 Å². The molecule has 3 heterocycles. The second-order valence-corrected chi connectivity index (χ2v) is 5.96.